The third-order valence-electron chi connectivity index (χ3n) is 1.85. The summed E-state index contributed by atoms with van der Waals surface area (Å²) in [6, 6.07) is 1.41. The summed E-state index contributed by atoms with van der Waals surface area (Å²) >= 11 is 0. The lowest BCUT2D eigenvalue weighted by atomic mass is 10.2. The predicted molar refractivity (Wildman–Crippen MR) is 56.6 cm³/mol. The fraction of sp³-hybridized carbons (Fsp3) is 0.455. The van der Waals surface area contributed by atoms with Gasteiger partial charge < -0.3 is 9.47 Å². The molecule has 0 radical (unpaired) electrons. The number of carbonyl (C=O) groups excluding carboxylic acids is 1. The van der Waals surface area contributed by atoms with E-state index in [0.29, 0.717) is 12.4 Å². The number of hydrogen-bond donors (Lipinski definition) is 0. The normalized spacial score (nSPS) is 11.3. The second kappa shape index (κ2) is 6.34. The molecule has 0 aliphatic rings. The van der Waals surface area contributed by atoms with Gasteiger partial charge in [-0.3, -0.25) is 9.78 Å². The van der Waals surface area contributed by atoms with Crippen LogP contribution in [0.15, 0.2) is 18.5 Å². The Bertz CT molecular complexity index is 407. The lowest BCUT2D eigenvalue weighted by Crippen LogP contribution is -2.20. The van der Waals surface area contributed by atoms with Crippen LogP contribution in [0.25, 0.3) is 0 Å². The molecule has 0 saturated heterocycles. The number of ketones is 1. The number of ether oxygens (including phenoxy) is 2. The lowest BCUT2D eigenvalue weighted by Gasteiger charge is -2.07. The smallest absolute Gasteiger partial charge is 0.411 e. The van der Waals surface area contributed by atoms with Crippen molar-refractivity contribution in [2.24, 2.45) is 0 Å². The van der Waals surface area contributed by atoms with Crippen molar-refractivity contribution in [3.05, 3.63) is 24.0 Å². The van der Waals surface area contributed by atoms with Crippen LogP contribution in [0.3, 0.4) is 0 Å². The first kappa shape index (κ1) is 14.4. The maximum Gasteiger partial charge on any atom is 0.411 e. The Kier molecular flexibility index (Phi) is 5.08. The number of aromatic nitrogens is 1. The van der Waals surface area contributed by atoms with E-state index in [-0.39, 0.29) is 5.56 Å². The standard InChI is InChI=1S/C11H12F3NO3/c1-2-18-9-3-8(4-15-5-9)10(16)6-17-7-11(12,13)14/h3-5H,2,6-7H2,1H3. The number of pyridine rings is 1. The molecule has 18 heavy (non-hydrogen) atoms. The highest BCUT2D eigenvalue weighted by atomic mass is 19.4. The van der Waals surface area contributed by atoms with E-state index in [0.717, 1.165) is 0 Å². The zero-order valence-electron chi connectivity index (χ0n) is 9.66. The fourth-order valence-corrected chi connectivity index (χ4v) is 1.16. The molecule has 1 aromatic heterocycles. The third-order valence-corrected chi connectivity index (χ3v) is 1.85. The fourth-order valence-electron chi connectivity index (χ4n) is 1.16. The van der Waals surface area contributed by atoms with Gasteiger partial charge in [0.15, 0.2) is 5.78 Å². The van der Waals surface area contributed by atoms with Crippen LogP contribution < -0.4 is 4.74 Å². The minimum Gasteiger partial charge on any atom is -0.492 e. The number of Topliss-reactive ketones (excluding diaryl/α,β-unsaturated/α-hetero) is 1. The zero-order valence-corrected chi connectivity index (χ0v) is 9.66. The van der Waals surface area contributed by atoms with Crippen LogP contribution in [0, 0.1) is 0 Å². The van der Waals surface area contributed by atoms with Gasteiger partial charge in [0.25, 0.3) is 0 Å². The predicted octanol–water partition coefficient (Wildman–Crippen LogP) is 2.24. The molecule has 1 rings (SSSR count). The summed E-state index contributed by atoms with van der Waals surface area (Å²) in [4.78, 5) is 15.3. The first-order valence-electron chi connectivity index (χ1n) is 5.18. The van der Waals surface area contributed by atoms with Gasteiger partial charge >= 0.3 is 6.18 Å². The van der Waals surface area contributed by atoms with Crippen molar-refractivity contribution < 1.29 is 27.4 Å². The molecule has 4 nitrogen and oxygen atoms in total. The molecule has 0 fully saturated rings. The molecule has 0 aromatic carbocycles. The van der Waals surface area contributed by atoms with Crippen molar-refractivity contribution in [2.75, 3.05) is 19.8 Å². The Morgan fingerprint density at radius 1 is 1.39 bits per heavy atom. The van der Waals surface area contributed by atoms with Crippen molar-refractivity contribution in [1.82, 2.24) is 4.98 Å². The highest BCUT2D eigenvalue weighted by molar-refractivity contribution is 5.97. The quantitative estimate of drug-likeness (QED) is 0.738. The van der Waals surface area contributed by atoms with Crippen molar-refractivity contribution in [2.45, 2.75) is 13.1 Å². The van der Waals surface area contributed by atoms with Gasteiger partial charge in [-0.05, 0) is 13.0 Å². The van der Waals surface area contributed by atoms with Crippen LogP contribution in [-0.4, -0.2) is 36.8 Å². The number of nitrogens with zero attached hydrogens (tertiary/aromatic N) is 1. The first-order chi connectivity index (χ1) is 8.42. The van der Waals surface area contributed by atoms with Gasteiger partial charge in [0.1, 0.15) is 19.0 Å². The summed E-state index contributed by atoms with van der Waals surface area (Å²) in [5.41, 5.74) is 0.156. The minimum absolute atomic E-state index is 0.156. The Balaban J connectivity index is 2.53. The molecule has 1 heterocycles. The maximum absolute atomic E-state index is 11.8. The van der Waals surface area contributed by atoms with Crippen molar-refractivity contribution in [3.8, 4) is 5.75 Å². The molecule has 0 amide bonds. The molecular formula is C11H12F3NO3. The summed E-state index contributed by atoms with van der Waals surface area (Å²) in [5.74, 6) is -0.188. The molecule has 100 valence electrons. The van der Waals surface area contributed by atoms with Gasteiger partial charge in [-0.2, -0.15) is 13.2 Å². The molecule has 0 saturated carbocycles. The van der Waals surface area contributed by atoms with E-state index in [1.807, 2.05) is 0 Å². The SMILES string of the molecule is CCOc1cncc(C(=O)COCC(F)(F)F)c1. The second-order valence-corrected chi connectivity index (χ2v) is 3.37. The van der Waals surface area contributed by atoms with E-state index in [1.165, 1.54) is 18.5 Å². The van der Waals surface area contributed by atoms with Gasteiger partial charge in [-0.15, -0.1) is 0 Å². The number of carbonyl (C=O) groups is 1. The van der Waals surface area contributed by atoms with E-state index in [2.05, 4.69) is 9.72 Å². The van der Waals surface area contributed by atoms with Gasteiger partial charge in [-0.1, -0.05) is 0 Å². The third kappa shape index (κ3) is 5.13. The average Bonchev–Trinajstić information content (AvgIpc) is 2.28. The number of halogens is 3. The second-order valence-electron chi connectivity index (χ2n) is 3.37. The summed E-state index contributed by atoms with van der Waals surface area (Å²) in [7, 11) is 0. The van der Waals surface area contributed by atoms with Crippen LogP contribution in [0.2, 0.25) is 0 Å². The molecule has 0 spiro atoms. The van der Waals surface area contributed by atoms with Crippen LogP contribution >= 0.6 is 0 Å². The van der Waals surface area contributed by atoms with Crippen LogP contribution in [-0.2, 0) is 4.74 Å². The Hall–Kier alpha value is -1.63. The van der Waals surface area contributed by atoms with E-state index in [1.54, 1.807) is 6.92 Å². The largest absolute Gasteiger partial charge is 0.492 e. The topological polar surface area (TPSA) is 48.4 Å². The molecule has 0 N–H and O–H groups in total. The van der Waals surface area contributed by atoms with Gasteiger partial charge in [0, 0.05) is 11.8 Å². The monoisotopic (exact) mass is 263 g/mol. The molecule has 0 bridgehead atoms. The Morgan fingerprint density at radius 3 is 2.72 bits per heavy atom. The molecule has 0 unspecified atom stereocenters. The van der Waals surface area contributed by atoms with Crippen LogP contribution in [0.1, 0.15) is 17.3 Å². The molecule has 7 heteroatoms. The molecule has 0 aliphatic heterocycles. The summed E-state index contributed by atoms with van der Waals surface area (Å²) in [5, 5.41) is 0. The highest BCUT2D eigenvalue weighted by Crippen LogP contribution is 2.15. The van der Waals surface area contributed by atoms with Gasteiger partial charge in [0.05, 0.1) is 12.8 Å². The van der Waals surface area contributed by atoms with Gasteiger partial charge in [-0.25, -0.2) is 0 Å². The summed E-state index contributed by atoms with van der Waals surface area (Å²) in [6.45, 7) is 0.0823. The molecule has 0 aliphatic carbocycles. The lowest BCUT2D eigenvalue weighted by molar-refractivity contribution is -0.170. The highest BCUT2D eigenvalue weighted by Gasteiger charge is 2.27. The van der Waals surface area contributed by atoms with Crippen LogP contribution in [0.5, 0.6) is 5.75 Å². The zero-order chi connectivity index (χ0) is 13.6. The molecular weight excluding hydrogens is 251 g/mol. The van der Waals surface area contributed by atoms with E-state index >= 15 is 0 Å². The average molecular weight is 263 g/mol. The number of alkyl halides is 3. The van der Waals surface area contributed by atoms with Crippen LogP contribution in [0.4, 0.5) is 13.2 Å². The molecule has 1 aromatic rings. The minimum atomic E-state index is -4.44. The Labute approximate surface area is 102 Å². The maximum atomic E-state index is 11.8. The Morgan fingerprint density at radius 2 is 2.11 bits per heavy atom. The number of rotatable bonds is 6. The van der Waals surface area contributed by atoms with E-state index in [4.69, 9.17) is 4.74 Å². The van der Waals surface area contributed by atoms with E-state index in [9.17, 15) is 18.0 Å². The number of hydrogen-bond acceptors (Lipinski definition) is 4. The first-order valence-corrected chi connectivity index (χ1v) is 5.18. The van der Waals surface area contributed by atoms with Gasteiger partial charge in [0.2, 0.25) is 0 Å². The van der Waals surface area contributed by atoms with Crippen molar-refractivity contribution in [1.29, 1.82) is 0 Å². The summed E-state index contributed by atoms with van der Waals surface area (Å²) in [6.07, 6.45) is -1.77. The van der Waals surface area contributed by atoms with Crippen molar-refractivity contribution in [3.63, 3.8) is 0 Å². The molecule has 0 atom stereocenters. The van der Waals surface area contributed by atoms with E-state index < -0.39 is 25.2 Å². The van der Waals surface area contributed by atoms with Crippen molar-refractivity contribution >= 4 is 5.78 Å². The summed E-state index contributed by atoms with van der Waals surface area (Å²) < 4.78 is 44.8.